The lowest BCUT2D eigenvalue weighted by Crippen LogP contribution is -2.39. The number of aromatic nitrogens is 3. The quantitative estimate of drug-likeness (QED) is 0.385. The van der Waals surface area contributed by atoms with Crippen molar-refractivity contribution in [2.24, 2.45) is 0 Å². The van der Waals surface area contributed by atoms with E-state index in [1.54, 1.807) is 22.8 Å². The van der Waals surface area contributed by atoms with E-state index in [0.29, 0.717) is 31.3 Å². The van der Waals surface area contributed by atoms with Crippen molar-refractivity contribution in [2.45, 2.75) is 39.4 Å². The molecule has 4 rings (SSSR count). The number of carbonyl (C=O) groups is 2. The molecule has 3 aromatic rings. The van der Waals surface area contributed by atoms with Crippen LogP contribution in [0.2, 0.25) is 0 Å². The fourth-order valence-electron chi connectivity index (χ4n) is 3.78. The van der Waals surface area contributed by atoms with E-state index in [1.165, 1.54) is 7.05 Å². The average molecular weight is 535 g/mol. The van der Waals surface area contributed by atoms with E-state index in [9.17, 15) is 22.8 Å². The van der Waals surface area contributed by atoms with Crippen LogP contribution in [0.15, 0.2) is 35.2 Å². The summed E-state index contributed by atoms with van der Waals surface area (Å²) in [5.41, 5.74) is 3.42. The fourth-order valence-corrected chi connectivity index (χ4v) is 4.33. The molecule has 0 aliphatic carbocycles. The van der Waals surface area contributed by atoms with Gasteiger partial charge in [0.25, 0.3) is 5.91 Å². The second kappa shape index (κ2) is 12.2. The smallest absolute Gasteiger partial charge is 0.272 e. The first-order chi connectivity index (χ1) is 17.5. The molecular weight excluding hydrogens is 505 g/mol. The number of benzene rings is 1. The van der Waals surface area contributed by atoms with Crippen molar-refractivity contribution < 1.29 is 22.8 Å². The summed E-state index contributed by atoms with van der Waals surface area (Å²) in [6.45, 7) is 8.77. The summed E-state index contributed by atoms with van der Waals surface area (Å²) in [6.07, 6.45) is 0.698. The Balaban J connectivity index is 0.000000555. The second-order valence-electron chi connectivity index (χ2n) is 8.65. The molecule has 12 heteroatoms. The monoisotopic (exact) mass is 534 g/mol. The highest BCUT2D eigenvalue weighted by atomic mass is 32.1. The van der Waals surface area contributed by atoms with Crippen molar-refractivity contribution in [3.8, 4) is 11.4 Å². The molecule has 0 bridgehead atoms. The lowest BCUT2D eigenvalue weighted by molar-refractivity contribution is -0.117. The Kier molecular flexibility index (Phi) is 9.22. The van der Waals surface area contributed by atoms with Crippen LogP contribution in [0, 0.1) is 24.4 Å². The van der Waals surface area contributed by atoms with Crippen LogP contribution in [0.5, 0.6) is 0 Å². The number of amides is 2. The number of aryl methyl sites for hydroxylation is 1. The van der Waals surface area contributed by atoms with E-state index >= 15 is 0 Å². The zero-order chi connectivity index (χ0) is 27.3. The molecule has 198 valence electrons. The van der Waals surface area contributed by atoms with Crippen LogP contribution in [0.4, 0.5) is 13.2 Å². The number of hydrogen-bond acceptors (Lipinski definition) is 6. The van der Waals surface area contributed by atoms with E-state index < -0.39 is 35.3 Å². The highest BCUT2D eigenvalue weighted by molar-refractivity contribution is 7.07. The number of hydrogen-bond donors (Lipinski definition) is 2. The summed E-state index contributed by atoms with van der Waals surface area (Å²) in [5.74, 6) is -4.43. The van der Waals surface area contributed by atoms with Gasteiger partial charge < -0.3 is 20.1 Å². The molecule has 2 N–H and O–H groups in total. The maximum absolute atomic E-state index is 14.5. The average Bonchev–Trinajstić information content (AvgIpc) is 3.42. The molecule has 2 aromatic heterocycles. The van der Waals surface area contributed by atoms with Gasteiger partial charge in [0.1, 0.15) is 11.6 Å². The van der Waals surface area contributed by atoms with Gasteiger partial charge in [0.15, 0.2) is 17.3 Å². The lowest BCUT2D eigenvalue weighted by Gasteiger charge is -2.16. The zero-order valence-corrected chi connectivity index (χ0v) is 21.9. The molecule has 0 fully saturated rings. The maximum Gasteiger partial charge on any atom is 0.272 e. The first-order valence-electron chi connectivity index (χ1n) is 11.5. The SMILES string of the molecule is C=C(C(=O)NC)C(C)NC(=O)c1nc(-c2cc(F)c(F)cc2F)n2c1CN(C)CCC2.Cc1cscn1. The van der Waals surface area contributed by atoms with Crippen molar-refractivity contribution in [1.29, 1.82) is 0 Å². The number of thiazole rings is 1. The van der Waals surface area contributed by atoms with Crippen molar-refractivity contribution in [3.63, 3.8) is 0 Å². The largest absolute Gasteiger partial charge is 0.355 e. The van der Waals surface area contributed by atoms with Gasteiger partial charge in [-0.3, -0.25) is 14.6 Å². The van der Waals surface area contributed by atoms with Gasteiger partial charge in [-0.1, -0.05) is 6.58 Å². The first-order valence-corrected chi connectivity index (χ1v) is 12.5. The van der Waals surface area contributed by atoms with Crippen molar-refractivity contribution in [2.75, 3.05) is 20.6 Å². The molecule has 1 aliphatic rings. The van der Waals surface area contributed by atoms with E-state index in [0.717, 1.165) is 18.3 Å². The summed E-state index contributed by atoms with van der Waals surface area (Å²) >= 11 is 1.63. The van der Waals surface area contributed by atoms with Gasteiger partial charge in [-0.05, 0) is 39.9 Å². The standard InChI is InChI=1S/C21H24F3N5O2.C4H5NS/c1-11(20(30)25-3)12(2)26-21(31)18-17-10-28(4)6-5-7-29(17)19(27-18)13-8-15(23)16(24)9-14(13)22;1-4-2-6-3-5-4/h8-9,12H,1,5-7,10H2,2-4H3,(H,25,30)(H,26,31);2-3H,1H3. The molecule has 1 aromatic carbocycles. The molecule has 0 saturated carbocycles. The number of imidazole rings is 1. The van der Waals surface area contributed by atoms with Crippen molar-refractivity contribution in [3.05, 3.63) is 69.7 Å². The van der Waals surface area contributed by atoms with Crippen LogP contribution in [-0.2, 0) is 17.9 Å². The first kappa shape index (κ1) is 28.1. The second-order valence-corrected chi connectivity index (χ2v) is 9.37. The van der Waals surface area contributed by atoms with Gasteiger partial charge in [0.05, 0.1) is 22.8 Å². The molecule has 0 saturated heterocycles. The number of nitrogens with zero attached hydrogens (tertiary/aromatic N) is 4. The Bertz CT molecular complexity index is 1290. The van der Waals surface area contributed by atoms with Crippen LogP contribution in [-0.4, -0.2) is 57.9 Å². The zero-order valence-electron chi connectivity index (χ0n) is 21.1. The molecule has 0 spiro atoms. The molecule has 1 aliphatic heterocycles. The van der Waals surface area contributed by atoms with Crippen LogP contribution in [0.1, 0.15) is 35.2 Å². The fraction of sp³-hybridized carbons (Fsp3) is 0.360. The lowest BCUT2D eigenvalue weighted by atomic mass is 10.1. The van der Waals surface area contributed by atoms with Crippen LogP contribution in [0.3, 0.4) is 0 Å². The third kappa shape index (κ3) is 6.63. The minimum atomic E-state index is -1.30. The highest BCUT2D eigenvalue weighted by Gasteiger charge is 2.29. The maximum atomic E-state index is 14.5. The molecule has 3 heterocycles. The van der Waals surface area contributed by atoms with Crippen molar-refractivity contribution in [1.82, 2.24) is 30.1 Å². The summed E-state index contributed by atoms with van der Waals surface area (Å²) in [4.78, 5) is 35.0. The number of fused-ring (bicyclic) bond motifs is 1. The van der Waals surface area contributed by atoms with Gasteiger partial charge in [-0.2, -0.15) is 0 Å². The van der Waals surface area contributed by atoms with E-state index in [2.05, 4.69) is 27.2 Å². The Morgan fingerprint density at radius 3 is 2.46 bits per heavy atom. The molecule has 0 radical (unpaired) electrons. The van der Waals surface area contributed by atoms with E-state index in [4.69, 9.17) is 0 Å². The third-order valence-electron chi connectivity index (χ3n) is 5.82. The normalized spacial score (nSPS) is 14.0. The molecule has 8 nitrogen and oxygen atoms in total. The minimum absolute atomic E-state index is 0.0319. The van der Waals surface area contributed by atoms with Crippen LogP contribution in [0.25, 0.3) is 11.4 Å². The van der Waals surface area contributed by atoms with Gasteiger partial charge in [-0.25, -0.2) is 18.2 Å². The van der Waals surface area contributed by atoms with Gasteiger partial charge >= 0.3 is 0 Å². The number of rotatable bonds is 5. The molecule has 1 unspecified atom stereocenters. The van der Waals surface area contributed by atoms with Gasteiger partial charge in [0, 0.05) is 42.9 Å². The summed E-state index contributed by atoms with van der Waals surface area (Å²) in [7, 11) is 3.33. The molecular formula is C25H29F3N6O2S. The summed E-state index contributed by atoms with van der Waals surface area (Å²) in [5, 5.41) is 7.13. The Morgan fingerprint density at radius 2 is 1.86 bits per heavy atom. The van der Waals surface area contributed by atoms with E-state index in [1.807, 2.05) is 29.8 Å². The molecule has 37 heavy (non-hydrogen) atoms. The Labute approximate surface area is 217 Å². The molecule has 2 amide bonds. The number of halogens is 3. The topological polar surface area (TPSA) is 92.2 Å². The highest BCUT2D eigenvalue weighted by Crippen LogP contribution is 2.29. The summed E-state index contributed by atoms with van der Waals surface area (Å²) < 4.78 is 43.4. The van der Waals surface area contributed by atoms with Crippen LogP contribution < -0.4 is 10.6 Å². The predicted molar refractivity (Wildman–Crippen MR) is 135 cm³/mol. The summed E-state index contributed by atoms with van der Waals surface area (Å²) in [6, 6.07) is 0.522. The predicted octanol–water partition coefficient (Wildman–Crippen LogP) is 3.67. The number of nitrogens with one attached hydrogen (secondary N) is 2. The van der Waals surface area contributed by atoms with E-state index in [-0.39, 0.29) is 22.7 Å². The number of likely N-dealkylation sites (N-methyl/N-ethyl adjacent to an activating group) is 1. The van der Waals surface area contributed by atoms with Crippen molar-refractivity contribution >= 4 is 23.2 Å². The Hall–Kier alpha value is -3.51. The number of carbonyl (C=O) groups excluding carboxylic acids is 2. The third-order valence-corrected chi connectivity index (χ3v) is 6.53. The van der Waals surface area contributed by atoms with Gasteiger partial charge in [-0.15, -0.1) is 11.3 Å². The minimum Gasteiger partial charge on any atom is -0.355 e. The van der Waals surface area contributed by atoms with Crippen LogP contribution >= 0.6 is 11.3 Å². The van der Waals surface area contributed by atoms with Gasteiger partial charge in [0.2, 0.25) is 5.91 Å². The molecule has 1 atom stereocenters. The Morgan fingerprint density at radius 1 is 1.16 bits per heavy atom.